The van der Waals surface area contributed by atoms with Crippen molar-refractivity contribution in [2.75, 3.05) is 0 Å². The molecule has 3 atom stereocenters. The predicted octanol–water partition coefficient (Wildman–Crippen LogP) is 0.241. The molecule has 1 saturated heterocycles. The summed E-state index contributed by atoms with van der Waals surface area (Å²) in [6.07, 6.45) is 3.71. The van der Waals surface area contributed by atoms with Crippen molar-refractivity contribution in [3.05, 3.63) is 0 Å². The van der Waals surface area contributed by atoms with Gasteiger partial charge in [0.2, 0.25) is 5.91 Å². The Labute approximate surface area is 65.8 Å². The Bertz CT molecular complexity index is 181. The molecule has 0 aromatic rings. The van der Waals surface area contributed by atoms with Crippen molar-refractivity contribution < 1.29 is 9.90 Å². The molecule has 3 heteroatoms. The van der Waals surface area contributed by atoms with Gasteiger partial charge in [-0.05, 0) is 12.8 Å². The van der Waals surface area contributed by atoms with Crippen LogP contribution in [0.4, 0.5) is 0 Å². The van der Waals surface area contributed by atoms with E-state index in [1.165, 1.54) is 0 Å². The molecule has 1 aliphatic carbocycles. The first-order chi connectivity index (χ1) is 5.29. The molecule has 11 heavy (non-hydrogen) atoms. The van der Waals surface area contributed by atoms with Gasteiger partial charge in [0.15, 0.2) is 0 Å². The van der Waals surface area contributed by atoms with Crippen LogP contribution in [0.1, 0.15) is 25.7 Å². The van der Waals surface area contributed by atoms with Gasteiger partial charge in [0.05, 0.1) is 0 Å². The minimum atomic E-state index is -0.562. The van der Waals surface area contributed by atoms with E-state index in [0.29, 0.717) is 0 Å². The van der Waals surface area contributed by atoms with E-state index < -0.39 is 6.23 Å². The monoisotopic (exact) mass is 155 g/mol. The second kappa shape index (κ2) is 2.48. The van der Waals surface area contributed by atoms with Crippen molar-refractivity contribution >= 4 is 5.91 Å². The first kappa shape index (κ1) is 7.10. The fourth-order valence-corrected chi connectivity index (χ4v) is 2.22. The minimum absolute atomic E-state index is 0.0576. The normalized spacial score (nSPS) is 43.4. The van der Waals surface area contributed by atoms with E-state index in [0.717, 1.165) is 25.7 Å². The molecule has 0 aromatic carbocycles. The highest BCUT2D eigenvalue weighted by molar-refractivity contribution is 5.81. The van der Waals surface area contributed by atoms with Gasteiger partial charge in [-0.1, -0.05) is 12.8 Å². The summed E-state index contributed by atoms with van der Waals surface area (Å²) in [7, 11) is 0. The number of hydrogen-bond donors (Lipinski definition) is 2. The van der Waals surface area contributed by atoms with Crippen molar-refractivity contribution in [3.8, 4) is 0 Å². The van der Waals surface area contributed by atoms with Gasteiger partial charge in [0.25, 0.3) is 0 Å². The van der Waals surface area contributed by atoms with Gasteiger partial charge in [-0.25, -0.2) is 0 Å². The van der Waals surface area contributed by atoms with Crippen LogP contribution in [-0.4, -0.2) is 17.2 Å². The summed E-state index contributed by atoms with van der Waals surface area (Å²) in [5.41, 5.74) is 0. The fraction of sp³-hybridized carbons (Fsp3) is 0.875. The van der Waals surface area contributed by atoms with Crippen LogP contribution >= 0.6 is 0 Å². The van der Waals surface area contributed by atoms with Gasteiger partial charge in [-0.15, -0.1) is 0 Å². The smallest absolute Gasteiger partial charge is 0.225 e. The largest absolute Gasteiger partial charge is 0.373 e. The Morgan fingerprint density at radius 2 is 2.09 bits per heavy atom. The lowest BCUT2D eigenvalue weighted by molar-refractivity contribution is -0.123. The third-order valence-corrected chi connectivity index (χ3v) is 2.85. The van der Waals surface area contributed by atoms with Crippen LogP contribution in [-0.2, 0) is 4.79 Å². The van der Waals surface area contributed by atoms with Gasteiger partial charge < -0.3 is 10.4 Å². The van der Waals surface area contributed by atoms with Crippen LogP contribution in [0.15, 0.2) is 0 Å². The highest BCUT2D eigenvalue weighted by atomic mass is 16.3. The molecule has 62 valence electrons. The number of nitrogens with one attached hydrogen (secondary N) is 1. The van der Waals surface area contributed by atoms with Crippen LogP contribution in [0.2, 0.25) is 0 Å². The molecule has 3 unspecified atom stereocenters. The molecule has 2 N–H and O–H groups in total. The lowest BCUT2D eigenvalue weighted by Gasteiger charge is -2.23. The molecule has 1 amide bonds. The summed E-state index contributed by atoms with van der Waals surface area (Å²) in [6.45, 7) is 0. The number of fused-ring (bicyclic) bond motifs is 1. The molecule has 0 aromatic heterocycles. The lowest BCUT2D eigenvalue weighted by atomic mass is 9.81. The van der Waals surface area contributed by atoms with E-state index in [9.17, 15) is 9.90 Å². The second-order valence-corrected chi connectivity index (χ2v) is 3.51. The van der Waals surface area contributed by atoms with E-state index in [1.54, 1.807) is 0 Å². The predicted molar refractivity (Wildman–Crippen MR) is 39.6 cm³/mol. The Morgan fingerprint density at radius 1 is 1.36 bits per heavy atom. The number of carbonyl (C=O) groups excluding carboxylic acids is 1. The van der Waals surface area contributed by atoms with Crippen molar-refractivity contribution in [3.63, 3.8) is 0 Å². The maximum atomic E-state index is 11.1. The van der Waals surface area contributed by atoms with Gasteiger partial charge >= 0.3 is 0 Å². The molecule has 0 bridgehead atoms. The van der Waals surface area contributed by atoms with Crippen LogP contribution in [0.5, 0.6) is 0 Å². The van der Waals surface area contributed by atoms with Crippen LogP contribution in [0, 0.1) is 11.8 Å². The number of carbonyl (C=O) groups is 1. The average molecular weight is 155 g/mol. The third kappa shape index (κ3) is 1.03. The summed E-state index contributed by atoms with van der Waals surface area (Å²) in [5.74, 6) is 0.372. The standard InChI is InChI=1S/C8H13NO2/c10-7-5-3-1-2-4-6(5)8(11)9-7/h5-7,10H,1-4H2,(H,9,11). The number of aliphatic hydroxyl groups is 1. The molecule has 1 aliphatic heterocycles. The zero-order valence-corrected chi connectivity index (χ0v) is 6.42. The molecular weight excluding hydrogens is 142 g/mol. The molecule has 1 heterocycles. The molecular formula is C8H13NO2. The topological polar surface area (TPSA) is 49.3 Å². The lowest BCUT2D eigenvalue weighted by Crippen LogP contribution is -2.28. The van der Waals surface area contributed by atoms with E-state index in [1.807, 2.05) is 0 Å². The quantitative estimate of drug-likeness (QED) is 0.526. The zero-order chi connectivity index (χ0) is 7.84. The van der Waals surface area contributed by atoms with E-state index in [4.69, 9.17) is 0 Å². The van der Waals surface area contributed by atoms with Crippen molar-refractivity contribution in [2.24, 2.45) is 11.8 Å². The Kier molecular flexibility index (Phi) is 1.60. The molecule has 1 saturated carbocycles. The minimum Gasteiger partial charge on any atom is -0.373 e. The van der Waals surface area contributed by atoms with Crippen LogP contribution < -0.4 is 5.32 Å². The number of amides is 1. The zero-order valence-electron chi connectivity index (χ0n) is 6.42. The first-order valence-electron chi connectivity index (χ1n) is 4.27. The Balaban J connectivity index is 2.13. The maximum Gasteiger partial charge on any atom is 0.225 e. The van der Waals surface area contributed by atoms with E-state index in [-0.39, 0.29) is 17.7 Å². The summed E-state index contributed by atoms with van der Waals surface area (Å²) in [5, 5.41) is 11.9. The number of aliphatic hydroxyl groups excluding tert-OH is 1. The van der Waals surface area contributed by atoms with Crippen molar-refractivity contribution in [1.29, 1.82) is 0 Å². The summed E-state index contributed by atoms with van der Waals surface area (Å²) in [6, 6.07) is 0. The Hall–Kier alpha value is -0.570. The summed E-state index contributed by atoms with van der Waals surface area (Å²) in [4.78, 5) is 11.1. The van der Waals surface area contributed by atoms with Gasteiger partial charge in [0.1, 0.15) is 6.23 Å². The number of hydrogen-bond acceptors (Lipinski definition) is 2. The highest BCUT2D eigenvalue weighted by Crippen LogP contribution is 2.35. The fourth-order valence-electron chi connectivity index (χ4n) is 2.22. The maximum absolute atomic E-state index is 11.1. The molecule has 0 radical (unpaired) electrons. The SMILES string of the molecule is O=C1NC(O)C2CCCCC12. The Morgan fingerprint density at radius 3 is 2.82 bits per heavy atom. The molecule has 2 rings (SSSR count). The molecule has 2 aliphatic rings. The first-order valence-corrected chi connectivity index (χ1v) is 4.27. The van der Waals surface area contributed by atoms with Gasteiger partial charge in [0, 0.05) is 11.8 Å². The summed E-state index contributed by atoms with van der Waals surface area (Å²) >= 11 is 0. The molecule has 3 nitrogen and oxygen atoms in total. The molecule has 0 spiro atoms. The van der Waals surface area contributed by atoms with Crippen LogP contribution in [0.3, 0.4) is 0 Å². The van der Waals surface area contributed by atoms with Gasteiger partial charge in [-0.3, -0.25) is 4.79 Å². The summed E-state index contributed by atoms with van der Waals surface area (Å²) < 4.78 is 0. The van der Waals surface area contributed by atoms with Crippen molar-refractivity contribution in [1.82, 2.24) is 5.32 Å². The van der Waals surface area contributed by atoms with Crippen molar-refractivity contribution in [2.45, 2.75) is 31.9 Å². The number of rotatable bonds is 0. The average Bonchev–Trinajstić information content (AvgIpc) is 2.30. The highest BCUT2D eigenvalue weighted by Gasteiger charge is 2.42. The van der Waals surface area contributed by atoms with E-state index in [2.05, 4.69) is 5.32 Å². The van der Waals surface area contributed by atoms with Crippen LogP contribution in [0.25, 0.3) is 0 Å². The van der Waals surface area contributed by atoms with Gasteiger partial charge in [-0.2, -0.15) is 0 Å². The van der Waals surface area contributed by atoms with E-state index >= 15 is 0 Å². The second-order valence-electron chi connectivity index (χ2n) is 3.51. The third-order valence-electron chi connectivity index (χ3n) is 2.85. The molecule has 2 fully saturated rings.